The monoisotopic (exact) mass is 327 g/mol. The molecule has 7 heteroatoms. The van der Waals surface area contributed by atoms with Gasteiger partial charge in [0.2, 0.25) is 0 Å². The number of hydrogen-bond acceptors (Lipinski definition) is 5. The maximum Gasteiger partial charge on any atom is 0.115 e. The highest BCUT2D eigenvalue weighted by atomic mass is 15.9. The highest BCUT2D eigenvalue weighted by molar-refractivity contribution is 5.77. The van der Waals surface area contributed by atoms with Gasteiger partial charge in [-0.1, -0.05) is 42.5 Å². The molecule has 0 fully saturated rings. The summed E-state index contributed by atoms with van der Waals surface area (Å²) in [6.07, 6.45) is 0. The van der Waals surface area contributed by atoms with E-state index in [2.05, 4.69) is 20.6 Å². The van der Waals surface area contributed by atoms with Crippen LogP contribution < -0.4 is 5.12 Å². The van der Waals surface area contributed by atoms with Crippen LogP contribution in [0.25, 0.3) is 22.1 Å². The Hall–Kier alpha value is -3.74. The first-order chi connectivity index (χ1) is 12.4. The van der Waals surface area contributed by atoms with Gasteiger partial charge in [0.05, 0.1) is 5.69 Å². The van der Waals surface area contributed by atoms with Crippen molar-refractivity contribution in [3.05, 3.63) is 78.9 Å². The third-order valence-electron chi connectivity index (χ3n) is 4.01. The maximum atomic E-state index is 4.34. The Bertz CT molecular complexity index is 1090. The molecule has 0 atom stereocenters. The zero-order valence-corrected chi connectivity index (χ0v) is 13.1. The lowest BCUT2D eigenvalue weighted by Gasteiger charge is -2.23. The molecule has 0 amide bonds. The Labute approximate surface area is 142 Å². The Morgan fingerprint density at radius 3 is 1.60 bits per heavy atom. The molecule has 5 aromatic rings. The highest BCUT2D eigenvalue weighted by Crippen LogP contribution is 2.21. The molecule has 25 heavy (non-hydrogen) atoms. The summed E-state index contributed by atoms with van der Waals surface area (Å²) in [5.74, 6) is 0. The van der Waals surface area contributed by atoms with Crippen LogP contribution in [0, 0.1) is 0 Å². The minimum Gasteiger partial charge on any atom is -0.148 e. The van der Waals surface area contributed by atoms with Gasteiger partial charge in [0, 0.05) is 0 Å². The van der Waals surface area contributed by atoms with Crippen LogP contribution in [0.2, 0.25) is 0 Å². The Balaban J connectivity index is 1.81. The number of aromatic nitrogens is 6. The van der Waals surface area contributed by atoms with Crippen molar-refractivity contribution in [2.45, 2.75) is 0 Å². The molecule has 0 unspecified atom stereocenters. The van der Waals surface area contributed by atoms with E-state index < -0.39 is 0 Å². The van der Waals surface area contributed by atoms with Crippen LogP contribution in [-0.4, -0.2) is 30.2 Å². The molecule has 0 saturated heterocycles. The summed E-state index contributed by atoms with van der Waals surface area (Å²) < 4.78 is 0. The molecule has 2 heterocycles. The fraction of sp³-hybridized carbons (Fsp3) is 0. The molecular weight excluding hydrogens is 314 g/mol. The molecule has 5 rings (SSSR count). The SMILES string of the molecule is c1ccc(N(n2nnc3ccccc32)n2nnc3ccccc32)cc1. The minimum absolute atomic E-state index is 0.813. The van der Waals surface area contributed by atoms with Crippen LogP contribution in [0.5, 0.6) is 0 Å². The van der Waals surface area contributed by atoms with Crippen LogP contribution >= 0.6 is 0 Å². The van der Waals surface area contributed by atoms with Gasteiger partial charge in [-0.25, -0.2) is 0 Å². The molecule has 0 aliphatic carbocycles. The van der Waals surface area contributed by atoms with Crippen molar-refractivity contribution >= 4 is 27.8 Å². The van der Waals surface area contributed by atoms with Crippen molar-refractivity contribution in [2.24, 2.45) is 0 Å². The lowest BCUT2D eigenvalue weighted by Crippen LogP contribution is -2.36. The third-order valence-corrected chi connectivity index (χ3v) is 4.01. The van der Waals surface area contributed by atoms with Crippen LogP contribution in [-0.2, 0) is 0 Å². The first kappa shape index (κ1) is 13.7. The van der Waals surface area contributed by atoms with Gasteiger partial charge in [-0.3, -0.25) is 0 Å². The summed E-state index contributed by atoms with van der Waals surface area (Å²) in [7, 11) is 0. The van der Waals surface area contributed by atoms with Gasteiger partial charge in [0.15, 0.2) is 0 Å². The zero-order valence-electron chi connectivity index (χ0n) is 13.1. The first-order valence-corrected chi connectivity index (χ1v) is 7.88. The van der Waals surface area contributed by atoms with Gasteiger partial charge in [0.1, 0.15) is 22.1 Å². The van der Waals surface area contributed by atoms with Gasteiger partial charge >= 0.3 is 0 Å². The molecule has 0 N–H and O–H groups in total. The summed E-state index contributed by atoms with van der Waals surface area (Å²) in [5, 5.41) is 19.1. The molecule has 0 saturated carbocycles. The number of nitrogens with zero attached hydrogens (tertiary/aromatic N) is 7. The second kappa shape index (κ2) is 5.41. The minimum atomic E-state index is 0.813. The zero-order chi connectivity index (χ0) is 16.6. The maximum absolute atomic E-state index is 4.34. The molecule has 2 aromatic heterocycles. The average molecular weight is 327 g/mol. The van der Waals surface area contributed by atoms with Crippen molar-refractivity contribution < 1.29 is 0 Å². The second-order valence-electron chi connectivity index (χ2n) is 5.56. The van der Waals surface area contributed by atoms with E-state index in [1.54, 1.807) is 9.58 Å². The summed E-state index contributed by atoms with van der Waals surface area (Å²) in [6.45, 7) is 0. The van der Waals surface area contributed by atoms with E-state index in [-0.39, 0.29) is 0 Å². The van der Waals surface area contributed by atoms with Crippen LogP contribution in [0.3, 0.4) is 0 Å². The van der Waals surface area contributed by atoms with Crippen molar-refractivity contribution in [1.82, 2.24) is 30.2 Å². The normalized spacial score (nSPS) is 11.2. The standard InChI is InChI=1S/C18H13N7/c1-2-8-14(9-3-1)25(23-17-12-6-4-10-15(17)19-21-23)24-18-13-7-5-11-16(18)20-22-24/h1-13H. The summed E-state index contributed by atoms with van der Waals surface area (Å²) in [6, 6.07) is 25.5. The van der Waals surface area contributed by atoms with Crippen molar-refractivity contribution in [1.29, 1.82) is 0 Å². The van der Waals surface area contributed by atoms with E-state index >= 15 is 0 Å². The van der Waals surface area contributed by atoms with E-state index in [0.717, 1.165) is 27.8 Å². The lowest BCUT2D eigenvalue weighted by atomic mass is 10.3. The fourth-order valence-corrected chi connectivity index (χ4v) is 2.85. The average Bonchev–Trinajstić information content (AvgIpc) is 3.29. The molecule has 120 valence electrons. The molecule has 0 aliphatic rings. The van der Waals surface area contributed by atoms with Gasteiger partial charge in [-0.2, -0.15) is 0 Å². The second-order valence-corrected chi connectivity index (χ2v) is 5.56. The topological polar surface area (TPSA) is 64.7 Å². The smallest absolute Gasteiger partial charge is 0.115 e. The summed E-state index contributed by atoms with van der Waals surface area (Å²) >= 11 is 0. The number of benzene rings is 3. The van der Waals surface area contributed by atoms with Gasteiger partial charge in [-0.05, 0) is 46.8 Å². The Kier molecular flexibility index (Phi) is 2.96. The number of hydrogen-bond donors (Lipinski definition) is 0. The van der Waals surface area contributed by atoms with Gasteiger partial charge in [-0.15, -0.1) is 24.9 Å². The quantitative estimate of drug-likeness (QED) is 0.510. The van der Waals surface area contributed by atoms with E-state index in [1.165, 1.54) is 0 Å². The summed E-state index contributed by atoms with van der Waals surface area (Å²) in [4.78, 5) is 3.46. The molecule has 0 bridgehead atoms. The largest absolute Gasteiger partial charge is 0.148 e. The van der Waals surface area contributed by atoms with Gasteiger partial charge < -0.3 is 0 Å². The number of anilines is 1. The highest BCUT2D eigenvalue weighted by Gasteiger charge is 2.19. The Morgan fingerprint density at radius 2 is 1.04 bits per heavy atom. The molecule has 7 nitrogen and oxygen atoms in total. The third kappa shape index (κ3) is 2.13. The molecule has 0 spiro atoms. The number of para-hydroxylation sites is 3. The lowest BCUT2D eigenvalue weighted by molar-refractivity contribution is 0.502. The molecule has 0 aliphatic heterocycles. The van der Waals surface area contributed by atoms with Crippen LogP contribution in [0.1, 0.15) is 0 Å². The molecule has 0 radical (unpaired) electrons. The number of fused-ring (bicyclic) bond motifs is 2. The predicted octanol–water partition coefficient (Wildman–Crippen LogP) is 2.91. The molecule has 3 aromatic carbocycles. The van der Waals surface area contributed by atoms with E-state index in [1.807, 2.05) is 84.0 Å². The van der Waals surface area contributed by atoms with Crippen LogP contribution in [0.4, 0.5) is 5.69 Å². The molecular formula is C18H13N7. The number of rotatable bonds is 3. The summed E-state index contributed by atoms with van der Waals surface area (Å²) in [5.41, 5.74) is 4.28. The van der Waals surface area contributed by atoms with E-state index in [0.29, 0.717) is 0 Å². The van der Waals surface area contributed by atoms with Crippen molar-refractivity contribution in [2.75, 3.05) is 5.12 Å². The van der Waals surface area contributed by atoms with Crippen molar-refractivity contribution in [3.8, 4) is 0 Å². The van der Waals surface area contributed by atoms with E-state index in [4.69, 9.17) is 0 Å². The van der Waals surface area contributed by atoms with Crippen LogP contribution in [0.15, 0.2) is 78.9 Å². The first-order valence-electron chi connectivity index (χ1n) is 7.88. The van der Waals surface area contributed by atoms with Gasteiger partial charge in [0.25, 0.3) is 0 Å². The fourth-order valence-electron chi connectivity index (χ4n) is 2.85. The Morgan fingerprint density at radius 1 is 0.560 bits per heavy atom. The van der Waals surface area contributed by atoms with Crippen molar-refractivity contribution in [3.63, 3.8) is 0 Å². The van der Waals surface area contributed by atoms with E-state index in [9.17, 15) is 0 Å². The predicted molar refractivity (Wildman–Crippen MR) is 94.8 cm³/mol.